The van der Waals surface area contributed by atoms with E-state index in [2.05, 4.69) is 16.7 Å². The fourth-order valence-electron chi connectivity index (χ4n) is 4.01. The van der Waals surface area contributed by atoms with Crippen LogP contribution in [0.25, 0.3) is 0 Å². The van der Waals surface area contributed by atoms with Gasteiger partial charge in [-0.2, -0.15) is 0 Å². The summed E-state index contributed by atoms with van der Waals surface area (Å²) >= 11 is 0. The molecule has 2 aromatic carbocycles. The number of ether oxygens (including phenoxy) is 1. The molecule has 2 N–H and O–H groups in total. The fraction of sp³-hybridized carbons (Fsp3) is 0.440. The van der Waals surface area contributed by atoms with Crippen molar-refractivity contribution in [1.82, 2.24) is 15.5 Å². The molecule has 1 heterocycles. The van der Waals surface area contributed by atoms with Crippen molar-refractivity contribution < 1.29 is 14.3 Å². The Kier molecular flexibility index (Phi) is 7.93. The molecule has 0 spiro atoms. The highest BCUT2D eigenvalue weighted by atomic mass is 16.5. The van der Waals surface area contributed by atoms with Gasteiger partial charge in [-0.05, 0) is 69.0 Å². The molecule has 2 aromatic rings. The molecule has 0 bridgehead atoms. The molecule has 0 aromatic heterocycles. The van der Waals surface area contributed by atoms with Gasteiger partial charge in [-0.1, -0.05) is 24.3 Å². The Morgan fingerprint density at radius 1 is 1.16 bits per heavy atom. The average Bonchev–Trinajstić information content (AvgIpc) is 2.80. The second-order valence-corrected chi connectivity index (χ2v) is 7.94. The molecule has 6 nitrogen and oxygen atoms in total. The SMILES string of the molecule is CCNC(=O)N1CCC[C@@H](c2cccc(C(=O)N[C@@H](C)c3ccc(OCC)cc3)c2)C1. The van der Waals surface area contributed by atoms with Crippen LogP contribution < -0.4 is 15.4 Å². The summed E-state index contributed by atoms with van der Waals surface area (Å²) in [7, 11) is 0. The van der Waals surface area contributed by atoms with Crippen LogP contribution in [0.3, 0.4) is 0 Å². The number of likely N-dealkylation sites (tertiary alicyclic amines) is 1. The summed E-state index contributed by atoms with van der Waals surface area (Å²) in [5.41, 5.74) is 2.78. The number of benzene rings is 2. The monoisotopic (exact) mass is 423 g/mol. The number of hydrogen-bond acceptors (Lipinski definition) is 3. The number of hydrogen-bond donors (Lipinski definition) is 2. The molecule has 0 saturated carbocycles. The number of nitrogens with one attached hydrogen (secondary N) is 2. The maximum Gasteiger partial charge on any atom is 0.317 e. The minimum atomic E-state index is -0.116. The van der Waals surface area contributed by atoms with E-state index < -0.39 is 0 Å². The lowest BCUT2D eigenvalue weighted by molar-refractivity contribution is 0.0939. The van der Waals surface area contributed by atoms with Crippen molar-refractivity contribution in [2.75, 3.05) is 26.2 Å². The molecule has 1 aliphatic rings. The van der Waals surface area contributed by atoms with Gasteiger partial charge in [0.1, 0.15) is 5.75 Å². The number of urea groups is 1. The molecule has 1 aliphatic heterocycles. The summed E-state index contributed by atoms with van der Waals surface area (Å²) in [6, 6.07) is 15.5. The number of piperidine rings is 1. The van der Waals surface area contributed by atoms with E-state index in [1.165, 1.54) is 0 Å². The first-order chi connectivity index (χ1) is 15.0. The molecule has 2 atom stereocenters. The number of rotatable bonds is 7. The Morgan fingerprint density at radius 2 is 1.94 bits per heavy atom. The van der Waals surface area contributed by atoms with Crippen molar-refractivity contribution in [2.45, 2.75) is 45.6 Å². The van der Waals surface area contributed by atoms with Gasteiger partial charge in [0.05, 0.1) is 12.6 Å². The molecule has 31 heavy (non-hydrogen) atoms. The van der Waals surface area contributed by atoms with Crippen molar-refractivity contribution in [3.63, 3.8) is 0 Å². The van der Waals surface area contributed by atoms with Crippen LogP contribution in [-0.2, 0) is 0 Å². The minimum absolute atomic E-state index is 0.00900. The normalized spacial score (nSPS) is 17.0. The summed E-state index contributed by atoms with van der Waals surface area (Å²) in [4.78, 5) is 27.0. The van der Waals surface area contributed by atoms with Gasteiger partial charge in [-0.25, -0.2) is 4.79 Å². The first-order valence-electron chi connectivity index (χ1n) is 11.2. The Labute approximate surface area is 185 Å². The third-order valence-electron chi connectivity index (χ3n) is 5.70. The highest BCUT2D eigenvalue weighted by molar-refractivity contribution is 5.94. The first kappa shape index (κ1) is 22.7. The molecule has 1 fully saturated rings. The quantitative estimate of drug-likeness (QED) is 0.690. The van der Waals surface area contributed by atoms with Crippen LogP contribution in [0.5, 0.6) is 5.75 Å². The van der Waals surface area contributed by atoms with E-state index >= 15 is 0 Å². The molecule has 6 heteroatoms. The van der Waals surface area contributed by atoms with E-state index in [0.29, 0.717) is 25.3 Å². The van der Waals surface area contributed by atoms with Crippen LogP contribution >= 0.6 is 0 Å². The largest absolute Gasteiger partial charge is 0.494 e. The minimum Gasteiger partial charge on any atom is -0.494 e. The highest BCUT2D eigenvalue weighted by Crippen LogP contribution is 2.28. The summed E-state index contributed by atoms with van der Waals surface area (Å²) in [6.07, 6.45) is 1.98. The molecular formula is C25H33N3O3. The number of carbonyl (C=O) groups is 2. The fourth-order valence-corrected chi connectivity index (χ4v) is 4.01. The van der Waals surface area contributed by atoms with Crippen molar-refractivity contribution in [3.8, 4) is 5.75 Å². The second kappa shape index (κ2) is 10.8. The van der Waals surface area contributed by atoms with Crippen LogP contribution in [0.1, 0.15) is 67.1 Å². The lowest BCUT2D eigenvalue weighted by Crippen LogP contribution is -2.44. The lowest BCUT2D eigenvalue weighted by atomic mass is 9.89. The molecule has 0 aliphatic carbocycles. The predicted molar refractivity (Wildman–Crippen MR) is 123 cm³/mol. The predicted octanol–water partition coefficient (Wildman–Crippen LogP) is 4.49. The van der Waals surface area contributed by atoms with Crippen LogP contribution in [0.4, 0.5) is 4.79 Å². The van der Waals surface area contributed by atoms with Crippen molar-refractivity contribution >= 4 is 11.9 Å². The van der Waals surface area contributed by atoms with Gasteiger partial charge in [-0.15, -0.1) is 0 Å². The highest BCUT2D eigenvalue weighted by Gasteiger charge is 2.25. The van der Waals surface area contributed by atoms with Gasteiger partial charge in [-0.3, -0.25) is 4.79 Å². The van der Waals surface area contributed by atoms with Gasteiger partial charge in [0.2, 0.25) is 0 Å². The van der Waals surface area contributed by atoms with Gasteiger partial charge >= 0.3 is 6.03 Å². The van der Waals surface area contributed by atoms with E-state index in [0.717, 1.165) is 36.3 Å². The Morgan fingerprint density at radius 3 is 2.65 bits per heavy atom. The standard InChI is InChI=1S/C25H33N3O3/c1-4-26-25(30)28-15-7-10-22(17-28)20-8-6-9-21(16-20)24(29)27-18(3)19-11-13-23(14-12-19)31-5-2/h6,8-9,11-14,16,18,22H,4-5,7,10,15,17H2,1-3H3,(H,26,30)(H,27,29)/t18-,22+/m0/s1. The summed E-state index contributed by atoms with van der Waals surface area (Å²) in [5.74, 6) is 0.971. The maximum atomic E-state index is 12.9. The molecule has 3 rings (SSSR count). The first-order valence-corrected chi connectivity index (χ1v) is 11.2. The number of carbonyl (C=O) groups excluding carboxylic acids is 2. The van der Waals surface area contributed by atoms with Crippen LogP contribution in [0.15, 0.2) is 48.5 Å². The number of nitrogens with zero attached hydrogens (tertiary/aromatic N) is 1. The van der Waals surface area contributed by atoms with Crippen molar-refractivity contribution in [2.24, 2.45) is 0 Å². The van der Waals surface area contributed by atoms with Crippen molar-refractivity contribution in [1.29, 1.82) is 0 Å². The topological polar surface area (TPSA) is 70.7 Å². The third-order valence-corrected chi connectivity index (χ3v) is 5.70. The van der Waals surface area contributed by atoms with Crippen LogP contribution in [0, 0.1) is 0 Å². The Hall–Kier alpha value is -3.02. The van der Waals surface area contributed by atoms with E-state index in [9.17, 15) is 9.59 Å². The summed E-state index contributed by atoms with van der Waals surface area (Å²) in [5, 5.41) is 5.96. The maximum absolute atomic E-state index is 12.9. The Balaban J connectivity index is 1.65. The molecule has 1 saturated heterocycles. The zero-order chi connectivity index (χ0) is 22.2. The number of amides is 3. The van der Waals surface area contributed by atoms with E-state index in [1.54, 1.807) is 0 Å². The van der Waals surface area contributed by atoms with Gasteiger partial charge in [0.15, 0.2) is 0 Å². The average molecular weight is 424 g/mol. The molecular weight excluding hydrogens is 390 g/mol. The molecule has 166 valence electrons. The smallest absolute Gasteiger partial charge is 0.317 e. The second-order valence-electron chi connectivity index (χ2n) is 7.94. The van der Waals surface area contributed by atoms with E-state index in [1.807, 2.05) is 68.1 Å². The summed E-state index contributed by atoms with van der Waals surface area (Å²) in [6.45, 7) is 8.57. The lowest BCUT2D eigenvalue weighted by Gasteiger charge is -2.33. The van der Waals surface area contributed by atoms with Gasteiger partial charge in [0.25, 0.3) is 5.91 Å². The Bertz CT molecular complexity index is 882. The van der Waals surface area contributed by atoms with Crippen molar-refractivity contribution in [3.05, 3.63) is 65.2 Å². The third kappa shape index (κ3) is 6.00. The van der Waals surface area contributed by atoms with E-state index in [-0.39, 0.29) is 23.9 Å². The van der Waals surface area contributed by atoms with Crippen LogP contribution in [0.2, 0.25) is 0 Å². The summed E-state index contributed by atoms with van der Waals surface area (Å²) < 4.78 is 5.48. The zero-order valence-electron chi connectivity index (χ0n) is 18.7. The molecule has 3 amide bonds. The van der Waals surface area contributed by atoms with Crippen LogP contribution in [-0.4, -0.2) is 43.1 Å². The van der Waals surface area contributed by atoms with Gasteiger partial charge < -0.3 is 20.3 Å². The molecule has 0 radical (unpaired) electrons. The zero-order valence-corrected chi connectivity index (χ0v) is 18.7. The molecule has 0 unspecified atom stereocenters. The van der Waals surface area contributed by atoms with E-state index in [4.69, 9.17) is 4.74 Å². The van der Waals surface area contributed by atoms with Gasteiger partial charge in [0, 0.05) is 31.1 Å².